The third-order valence-corrected chi connectivity index (χ3v) is 2.95. The van der Waals surface area contributed by atoms with E-state index in [4.69, 9.17) is 0 Å². The van der Waals surface area contributed by atoms with Crippen LogP contribution in [0.1, 0.15) is 39.5 Å². The van der Waals surface area contributed by atoms with Gasteiger partial charge in [0.15, 0.2) is 0 Å². The second-order valence-electron chi connectivity index (χ2n) is 3.99. The third-order valence-electron chi connectivity index (χ3n) is 2.95. The molecule has 72 valence electrons. The molecule has 1 saturated carbocycles. The standard InChI is InChI=1S/C10H18F2/c1-3-4-8-6-5-7(2)9(11)10(8)12/h7-10H,3-6H2,1-2H3. The van der Waals surface area contributed by atoms with Crippen molar-refractivity contribution in [1.82, 2.24) is 0 Å². The summed E-state index contributed by atoms with van der Waals surface area (Å²) in [5.74, 6) is -0.0886. The second-order valence-corrected chi connectivity index (χ2v) is 3.99. The van der Waals surface area contributed by atoms with E-state index in [0.717, 1.165) is 25.7 Å². The smallest absolute Gasteiger partial charge is 0.134 e. The highest BCUT2D eigenvalue weighted by Gasteiger charge is 2.37. The first kappa shape index (κ1) is 9.94. The number of alkyl halides is 2. The molecule has 0 radical (unpaired) electrons. The Hall–Kier alpha value is -0.140. The lowest BCUT2D eigenvalue weighted by Crippen LogP contribution is -2.36. The van der Waals surface area contributed by atoms with Crippen molar-refractivity contribution in [2.45, 2.75) is 51.9 Å². The summed E-state index contributed by atoms with van der Waals surface area (Å²) in [6.45, 7) is 3.83. The van der Waals surface area contributed by atoms with Gasteiger partial charge in [-0.1, -0.05) is 20.3 Å². The minimum Gasteiger partial charge on any atom is -0.244 e. The van der Waals surface area contributed by atoms with Crippen LogP contribution < -0.4 is 0 Å². The molecule has 1 fully saturated rings. The van der Waals surface area contributed by atoms with Crippen molar-refractivity contribution in [3.8, 4) is 0 Å². The topological polar surface area (TPSA) is 0 Å². The Balaban J connectivity index is 2.46. The summed E-state index contributed by atoms with van der Waals surface area (Å²) in [7, 11) is 0. The molecule has 2 heteroatoms. The van der Waals surface area contributed by atoms with E-state index in [0.29, 0.717) is 0 Å². The molecule has 4 unspecified atom stereocenters. The molecule has 1 aliphatic rings. The molecule has 0 aromatic carbocycles. The fraction of sp³-hybridized carbons (Fsp3) is 1.00. The van der Waals surface area contributed by atoms with Gasteiger partial charge in [-0.05, 0) is 31.1 Å². The third kappa shape index (κ3) is 1.96. The summed E-state index contributed by atoms with van der Waals surface area (Å²) in [6, 6.07) is 0. The van der Waals surface area contributed by atoms with E-state index in [1.807, 2.05) is 6.92 Å². The summed E-state index contributed by atoms with van der Waals surface area (Å²) in [4.78, 5) is 0. The molecular weight excluding hydrogens is 158 g/mol. The van der Waals surface area contributed by atoms with Gasteiger partial charge < -0.3 is 0 Å². The zero-order valence-electron chi connectivity index (χ0n) is 7.89. The molecule has 1 aliphatic carbocycles. The first-order valence-electron chi connectivity index (χ1n) is 4.95. The van der Waals surface area contributed by atoms with Crippen LogP contribution >= 0.6 is 0 Å². The average Bonchev–Trinajstić information content (AvgIpc) is 2.07. The van der Waals surface area contributed by atoms with Crippen molar-refractivity contribution in [1.29, 1.82) is 0 Å². The Morgan fingerprint density at radius 2 is 1.83 bits per heavy atom. The molecule has 12 heavy (non-hydrogen) atoms. The first-order valence-corrected chi connectivity index (χ1v) is 4.95. The van der Waals surface area contributed by atoms with Gasteiger partial charge in [-0.15, -0.1) is 0 Å². The molecule has 0 N–H and O–H groups in total. The number of hydrogen-bond acceptors (Lipinski definition) is 0. The summed E-state index contributed by atoms with van der Waals surface area (Å²) in [5.41, 5.74) is 0. The van der Waals surface area contributed by atoms with Gasteiger partial charge in [0, 0.05) is 0 Å². The van der Waals surface area contributed by atoms with Crippen LogP contribution in [0.3, 0.4) is 0 Å². The van der Waals surface area contributed by atoms with Gasteiger partial charge in [0.2, 0.25) is 0 Å². The molecule has 0 bridgehead atoms. The Labute approximate surface area is 73.3 Å². The van der Waals surface area contributed by atoms with Crippen molar-refractivity contribution >= 4 is 0 Å². The van der Waals surface area contributed by atoms with Crippen molar-refractivity contribution < 1.29 is 8.78 Å². The number of halogens is 2. The molecule has 0 aromatic heterocycles. The molecule has 0 heterocycles. The van der Waals surface area contributed by atoms with Gasteiger partial charge >= 0.3 is 0 Å². The predicted octanol–water partition coefficient (Wildman–Crippen LogP) is 3.51. The van der Waals surface area contributed by atoms with Crippen LogP contribution in [0.4, 0.5) is 8.78 Å². The molecule has 4 atom stereocenters. The Bertz CT molecular complexity index is 136. The monoisotopic (exact) mass is 176 g/mol. The maximum Gasteiger partial charge on any atom is 0.134 e. The Morgan fingerprint density at radius 1 is 1.17 bits per heavy atom. The molecule has 0 aromatic rings. The largest absolute Gasteiger partial charge is 0.244 e. The predicted molar refractivity (Wildman–Crippen MR) is 46.6 cm³/mol. The number of hydrogen-bond donors (Lipinski definition) is 0. The lowest BCUT2D eigenvalue weighted by Gasteiger charge is -2.32. The van der Waals surface area contributed by atoms with Crippen LogP contribution in [-0.4, -0.2) is 12.3 Å². The normalized spacial score (nSPS) is 43.0. The first-order chi connectivity index (χ1) is 5.66. The zero-order valence-corrected chi connectivity index (χ0v) is 7.89. The lowest BCUT2D eigenvalue weighted by molar-refractivity contribution is 0.0260. The second kappa shape index (κ2) is 4.20. The minimum atomic E-state index is -1.21. The van der Waals surface area contributed by atoms with E-state index in [9.17, 15) is 8.78 Å². The van der Waals surface area contributed by atoms with Gasteiger partial charge in [-0.25, -0.2) is 8.78 Å². The van der Waals surface area contributed by atoms with Crippen molar-refractivity contribution in [2.24, 2.45) is 11.8 Å². The van der Waals surface area contributed by atoms with E-state index in [1.54, 1.807) is 6.92 Å². The summed E-state index contributed by atoms with van der Waals surface area (Å²) in [5, 5.41) is 0. The molecule has 1 rings (SSSR count). The maximum atomic E-state index is 13.3. The van der Waals surface area contributed by atoms with Gasteiger partial charge in [-0.3, -0.25) is 0 Å². The van der Waals surface area contributed by atoms with Crippen molar-refractivity contribution in [3.05, 3.63) is 0 Å². The molecular formula is C10H18F2. The van der Waals surface area contributed by atoms with Crippen LogP contribution in [0.25, 0.3) is 0 Å². The summed E-state index contributed by atoms with van der Waals surface area (Å²) < 4.78 is 26.5. The molecule has 0 saturated heterocycles. The fourth-order valence-electron chi connectivity index (χ4n) is 2.04. The average molecular weight is 176 g/mol. The van der Waals surface area contributed by atoms with Gasteiger partial charge in [0.1, 0.15) is 12.3 Å². The van der Waals surface area contributed by atoms with Crippen LogP contribution in [0, 0.1) is 11.8 Å². The van der Waals surface area contributed by atoms with Gasteiger partial charge in [0.05, 0.1) is 0 Å². The Kier molecular flexibility index (Phi) is 3.48. The van der Waals surface area contributed by atoms with Crippen LogP contribution in [0.2, 0.25) is 0 Å². The highest BCUT2D eigenvalue weighted by molar-refractivity contribution is 4.85. The van der Waals surface area contributed by atoms with Crippen molar-refractivity contribution in [3.63, 3.8) is 0 Å². The Morgan fingerprint density at radius 3 is 2.42 bits per heavy atom. The number of rotatable bonds is 2. The van der Waals surface area contributed by atoms with E-state index >= 15 is 0 Å². The summed E-state index contributed by atoms with van der Waals surface area (Å²) in [6.07, 6.45) is 1.12. The highest BCUT2D eigenvalue weighted by atomic mass is 19.2. The quantitative estimate of drug-likeness (QED) is 0.604. The molecule has 0 amide bonds. The SMILES string of the molecule is CCCC1CCC(C)C(F)C1F. The van der Waals surface area contributed by atoms with Crippen molar-refractivity contribution in [2.75, 3.05) is 0 Å². The van der Waals surface area contributed by atoms with Gasteiger partial charge in [-0.2, -0.15) is 0 Å². The summed E-state index contributed by atoms with van der Waals surface area (Å²) >= 11 is 0. The van der Waals surface area contributed by atoms with Crippen LogP contribution in [-0.2, 0) is 0 Å². The molecule has 0 nitrogen and oxygen atoms in total. The van der Waals surface area contributed by atoms with Crippen LogP contribution in [0.5, 0.6) is 0 Å². The molecule has 0 spiro atoms. The lowest BCUT2D eigenvalue weighted by atomic mass is 9.78. The van der Waals surface area contributed by atoms with Crippen LogP contribution in [0.15, 0.2) is 0 Å². The minimum absolute atomic E-state index is 0.0128. The maximum absolute atomic E-state index is 13.3. The fourth-order valence-corrected chi connectivity index (χ4v) is 2.04. The van der Waals surface area contributed by atoms with E-state index in [2.05, 4.69) is 0 Å². The van der Waals surface area contributed by atoms with Gasteiger partial charge in [0.25, 0.3) is 0 Å². The van der Waals surface area contributed by atoms with E-state index in [1.165, 1.54) is 0 Å². The van der Waals surface area contributed by atoms with E-state index in [-0.39, 0.29) is 11.8 Å². The highest BCUT2D eigenvalue weighted by Crippen LogP contribution is 2.35. The zero-order chi connectivity index (χ0) is 9.14. The molecule has 0 aliphatic heterocycles. The van der Waals surface area contributed by atoms with E-state index < -0.39 is 12.3 Å².